The molecule has 3 heterocycles. The van der Waals surface area contributed by atoms with Crippen molar-refractivity contribution in [3.8, 4) is 11.1 Å². The number of nitrogens with zero attached hydrogens (tertiary/aromatic N) is 1. The molecule has 126 valence electrons. The monoisotopic (exact) mass is 344 g/mol. The summed E-state index contributed by atoms with van der Waals surface area (Å²) in [5, 5.41) is 3.44. The number of amides is 1. The van der Waals surface area contributed by atoms with Crippen molar-refractivity contribution in [2.45, 2.75) is 38.3 Å². The van der Waals surface area contributed by atoms with Crippen LogP contribution in [-0.2, 0) is 0 Å². The van der Waals surface area contributed by atoms with Crippen molar-refractivity contribution in [1.29, 1.82) is 0 Å². The molecule has 2 bridgehead atoms. The molecule has 5 heteroatoms. The maximum atomic E-state index is 13.1. The summed E-state index contributed by atoms with van der Waals surface area (Å²) in [6.45, 7) is 3.92. The molecule has 1 amide bonds. The van der Waals surface area contributed by atoms with E-state index in [9.17, 15) is 9.18 Å². The molecular weight excluding hydrogens is 323 g/mol. The van der Waals surface area contributed by atoms with Gasteiger partial charge in [-0.05, 0) is 62.1 Å². The lowest BCUT2D eigenvalue weighted by molar-refractivity contribution is 0.0685. The number of hydrogen-bond donors (Lipinski definition) is 1. The molecule has 2 aliphatic rings. The lowest BCUT2D eigenvalue weighted by Gasteiger charge is -2.27. The van der Waals surface area contributed by atoms with Gasteiger partial charge in [0, 0.05) is 23.5 Å². The quantitative estimate of drug-likeness (QED) is 0.898. The fourth-order valence-electron chi connectivity index (χ4n) is 3.94. The number of benzene rings is 1. The first-order chi connectivity index (χ1) is 11.6. The Morgan fingerprint density at radius 2 is 1.96 bits per heavy atom. The van der Waals surface area contributed by atoms with E-state index in [4.69, 9.17) is 0 Å². The van der Waals surface area contributed by atoms with Crippen LogP contribution in [0.1, 0.15) is 33.8 Å². The van der Waals surface area contributed by atoms with Crippen molar-refractivity contribution in [3.05, 3.63) is 45.9 Å². The van der Waals surface area contributed by atoms with Crippen molar-refractivity contribution in [2.75, 3.05) is 13.1 Å². The average molecular weight is 344 g/mol. The van der Waals surface area contributed by atoms with Gasteiger partial charge in [0.25, 0.3) is 5.91 Å². The van der Waals surface area contributed by atoms with Crippen LogP contribution in [0.4, 0.5) is 4.39 Å². The minimum atomic E-state index is -0.239. The normalized spacial score (nSPS) is 23.3. The zero-order valence-electron chi connectivity index (χ0n) is 13.7. The number of hydrogen-bond acceptors (Lipinski definition) is 3. The van der Waals surface area contributed by atoms with E-state index in [0.29, 0.717) is 12.1 Å². The van der Waals surface area contributed by atoms with Crippen LogP contribution in [0, 0.1) is 12.7 Å². The van der Waals surface area contributed by atoms with Gasteiger partial charge in [-0.1, -0.05) is 12.1 Å². The average Bonchev–Trinajstić information content (AvgIpc) is 3.06. The molecule has 0 aliphatic carbocycles. The van der Waals surface area contributed by atoms with Crippen LogP contribution in [0.2, 0.25) is 0 Å². The molecule has 2 aromatic rings. The van der Waals surface area contributed by atoms with E-state index in [1.807, 2.05) is 13.0 Å². The Labute approximate surface area is 145 Å². The standard InChI is InChI=1S/C19H21FN2OS/c1-12-17(13-2-4-14(20)5-3-13)10-18(24-12)19(23)22-15-6-7-16(22)11-21-9-8-15/h2-5,10,15-16,21H,6-9,11H2,1H3. The summed E-state index contributed by atoms with van der Waals surface area (Å²) in [4.78, 5) is 17.1. The van der Waals surface area contributed by atoms with Crippen LogP contribution in [0.15, 0.2) is 30.3 Å². The Kier molecular flexibility index (Phi) is 4.14. The van der Waals surface area contributed by atoms with Crippen LogP contribution in [0.25, 0.3) is 11.1 Å². The number of carbonyl (C=O) groups is 1. The molecule has 2 unspecified atom stereocenters. The third-order valence-electron chi connectivity index (χ3n) is 5.17. The van der Waals surface area contributed by atoms with Crippen LogP contribution in [0.3, 0.4) is 0 Å². The molecular formula is C19H21FN2OS. The minimum absolute atomic E-state index is 0.160. The molecule has 3 nitrogen and oxygen atoms in total. The molecule has 2 atom stereocenters. The second-order valence-electron chi connectivity index (χ2n) is 6.68. The summed E-state index contributed by atoms with van der Waals surface area (Å²) in [5.41, 5.74) is 1.99. The van der Waals surface area contributed by atoms with Gasteiger partial charge in [0.2, 0.25) is 0 Å². The van der Waals surface area contributed by atoms with E-state index >= 15 is 0 Å². The topological polar surface area (TPSA) is 32.3 Å². The van der Waals surface area contributed by atoms with Gasteiger partial charge in [-0.2, -0.15) is 0 Å². The smallest absolute Gasteiger partial charge is 0.264 e. The number of rotatable bonds is 2. The molecule has 1 N–H and O–H groups in total. The summed E-state index contributed by atoms with van der Waals surface area (Å²) < 4.78 is 13.1. The van der Waals surface area contributed by atoms with E-state index in [2.05, 4.69) is 10.2 Å². The molecule has 1 aromatic carbocycles. The highest BCUT2D eigenvalue weighted by atomic mass is 32.1. The first kappa shape index (κ1) is 15.8. The van der Waals surface area contributed by atoms with Gasteiger partial charge < -0.3 is 10.2 Å². The summed E-state index contributed by atoms with van der Waals surface area (Å²) in [5.74, 6) is -0.0794. The maximum absolute atomic E-state index is 13.1. The van der Waals surface area contributed by atoms with Gasteiger partial charge >= 0.3 is 0 Å². The molecule has 0 radical (unpaired) electrons. The summed E-state index contributed by atoms with van der Waals surface area (Å²) in [6, 6.07) is 9.16. The molecule has 2 fully saturated rings. The Balaban J connectivity index is 1.64. The van der Waals surface area contributed by atoms with Crippen LogP contribution >= 0.6 is 11.3 Å². The van der Waals surface area contributed by atoms with Crippen molar-refractivity contribution >= 4 is 17.2 Å². The summed E-state index contributed by atoms with van der Waals surface area (Å²) in [7, 11) is 0. The highest BCUT2D eigenvalue weighted by molar-refractivity contribution is 7.14. The molecule has 2 saturated heterocycles. The molecule has 0 saturated carbocycles. The second kappa shape index (κ2) is 6.30. The van der Waals surface area contributed by atoms with Gasteiger partial charge in [-0.15, -0.1) is 11.3 Å². The van der Waals surface area contributed by atoms with Crippen molar-refractivity contribution in [1.82, 2.24) is 10.2 Å². The van der Waals surface area contributed by atoms with E-state index in [-0.39, 0.29) is 11.7 Å². The van der Waals surface area contributed by atoms with Crippen molar-refractivity contribution in [2.24, 2.45) is 0 Å². The Hall–Kier alpha value is -1.72. The van der Waals surface area contributed by atoms with Gasteiger partial charge in [0.15, 0.2) is 0 Å². The molecule has 1 aromatic heterocycles. The molecule has 2 aliphatic heterocycles. The number of nitrogens with one attached hydrogen (secondary N) is 1. The van der Waals surface area contributed by atoms with Crippen LogP contribution < -0.4 is 5.32 Å². The number of aryl methyl sites for hydroxylation is 1. The highest BCUT2D eigenvalue weighted by Crippen LogP contribution is 2.35. The van der Waals surface area contributed by atoms with E-state index in [1.165, 1.54) is 12.1 Å². The number of fused-ring (bicyclic) bond motifs is 2. The Morgan fingerprint density at radius 1 is 1.21 bits per heavy atom. The van der Waals surface area contributed by atoms with Crippen LogP contribution in [-0.4, -0.2) is 36.0 Å². The van der Waals surface area contributed by atoms with E-state index in [1.54, 1.807) is 23.5 Å². The predicted molar refractivity (Wildman–Crippen MR) is 94.9 cm³/mol. The zero-order valence-corrected chi connectivity index (χ0v) is 14.5. The first-order valence-corrected chi connectivity index (χ1v) is 9.35. The number of thiophene rings is 1. The SMILES string of the molecule is Cc1sc(C(=O)N2C3CCNCC2CC3)cc1-c1ccc(F)cc1. The van der Waals surface area contributed by atoms with Gasteiger partial charge in [-0.3, -0.25) is 4.79 Å². The van der Waals surface area contributed by atoms with E-state index < -0.39 is 0 Å². The van der Waals surface area contributed by atoms with Crippen molar-refractivity contribution in [3.63, 3.8) is 0 Å². The molecule has 24 heavy (non-hydrogen) atoms. The minimum Gasteiger partial charge on any atom is -0.331 e. The lowest BCUT2D eigenvalue weighted by atomic mass is 10.1. The zero-order chi connectivity index (χ0) is 16.7. The van der Waals surface area contributed by atoms with Gasteiger partial charge in [-0.25, -0.2) is 4.39 Å². The maximum Gasteiger partial charge on any atom is 0.264 e. The highest BCUT2D eigenvalue weighted by Gasteiger charge is 2.38. The van der Waals surface area contributed by atoms with Gasteiger partial charge in [0.1, 0.15) is 5.82 Å². The predicted octanol–water partition coefficient (Wildman–Crippen LogP) is 3.83. The largest absolute Gasteiger partial charge is 0.331 e. The van der Waals surface area contributed by atoms with E-state index in [0.717, 1.165) is 53.2 Å². The molecule has 0 spiro atoms. The van der Waals surface area contributed by atoms with Crippen molar-refractivity contribution < 1.29 is 9.18 Å². The lowest BCUT2D eigenvalue weighted by Crippen LogP contribution is -2.42. The summed E-state index contributed by atoms with van der Waals surface area (Å²) >= 11 is 1.55. The number of carbonyl (C=O) groups excluding carboxylic acids is 1. The molecule has 4 rings (SSSR count). The van der Waals surface area contributed by atoms with Gasteiger partial charge in [0.05, 0.1) is 4.88 Å². The first-order valence-electron chi connectivity index (χ1n) is 8.53. The third kappa shape index (κ3) is 2.76. The fourth-order valence-corrected chi connectivity index (χ4v) is 4.93. The third-order valence-corrected chi connectivity index (χ3v) is 6.21. The second-order valence-corrected chi connectivity index (χ2v) is 7.93. The summed E-state index contributed by atoms with van der Waals surface area (Å²) in [6.07, 6.45) is 3.25. The van der Waals surface area contributed by atoms with Crippen LogP contribution in [0.5, 0.6) is 0 Å². The Bertz CT molecular complexity index is 741. The Morgan fingerprint density at radius 3 is 2.75 bits per heavy atom. The number of halogens is 1. The fraction of sp³-hybridized carbons (Fsp3) is 0.421.